The van der Waals surface area contributed by atoms with Crippen molar-refractivity contribution >= 4 is 46.7 Å². The topological polar surface area (TPSA) is 162 Å². The smallest absolute Gasteiger partial charge is 0.413 e. The summed E-state index contributed by atoms with van der Waals surface area (Å²) in [6.07, 6.45) is 3.21. The van der Waals surface area contributed by atoms with E-state index in [4.69, 9.17) is 16.3 Å². The molecule has 0 aliphatic carbocycles. The second kappa shape index (κ2) is 11.1. The van der Waals surface area contributed by atoms with Crippen LogP contribution in [0.15, 0.2) is 42.9 Å². The number of aliphatic carboxylic acids is 1. The molecule has 2 amide bonds. The average molecular weight is 578 g/mol. The molecule has 0 spiro atoms. The largest absolute Gasteiger partial charge is 0.480 e. The minimum absolute atomic E-state index is 0.0441. The lowest BCUT2D eigenvalue weighted by molar-refractivity contribution is -0.137. The number of nitrogens with one attached hydrogen (secondary N) is 2. The normalized spacial score (nSPS) is 11.5. The van der Waals surface area contributed by atoms with Crippen molar-refractivity contribution in [2.24, 2.45) is 0 Å². The average Bonchev–Trinajstić information content (AvgIpc) is 3.38. The van der Waals surface area contributed by atoms with E-state index >= 15 is 0 Å². The molecule has 40 heavy (non-hydrogen) atoms. The second-order valence-corrected chi connectivity index (χ2v) is 9.63. The molecule has 0 radical (unpaired) electrons. The molecule has 0 unspecified atom stereocenters. The molecule has 1 aromatic carbocycles. The monoisotopic (exact) mass is 577 g/mol. The van der Waals surface area contributed by atoms with E-state index in [1.165, 1.54) is 41.3 Å². The van der Waals surface area contributed by atoms with E-state index in [1.807, 2.05) is 0 Å². The zero-order valence-corrected chi connectivity index (χ0v) is 21.9. The number of anilines is 2. The molecule has 0 saturated carbocycles. The molecule has 0 aliphatic rings. The molecule has 0 atom stereocenters. The number of hydrogen-bond acceptors (Lipinski definition) is 8. The molecule has 3 aromatic heterocycles. The number of hydrogen-bond donors (Lipinski definition) is 3. The molecule has 0 aliphatic heterocycles. The number of halogens is 3. The number of carboxylic acids is 1. The van der Waals surface area contributed by atoms with Crippen LogP contribution < -0.4 is 15.4 Å². The van der Waals surface area contributed by atoms with Crippen LogP contribution >= 0.6 is 11.6 Å². The summed E-state index contributed by atoms with van der Waals surface area (Å²) < 4.78 is 38.3. The van der Waals surface area contributed by atoms with Gasteiger partial charge >= 0.3 is 18.7 Å². The molecule has 4 rings (SSSR count). The van der Waals surface area contributed by atoms with E-state index in [0.717, 1.165) is 4.68 Å². The molecule has 210 valence electrons. The quantitative estimate of drug-likeness (QED) is 0.273. The maximum Gasteiger partial charge on any atom is 0.413 e. The zero-order chi connectivity index (χ0) is 29.2. The first-order chi connectivity index (χ1) is 18.8. The Hall–Kier alpha value is -4.79. The van der Waals surface area contributed by atoms with Gasteiger partial charge in [0.1, 0.15) is 29.2 Å². The van der Waals surface area contributed by atoms with Gasteiger partial charge in [-0.15, -0.1) is 5.10 Å². The molecule has 0 saturated heterocycles. The number of aromatic nitrogens is 5. The molecule has 16 heteroatoms. The summed E-state index contributed by atoms with van der Waals surface area (Å²) >= 11 is 6.08. The van der Waals surface area contributed by atoms with Gasteiger partial charge in [-0.25, -0.2) is 14.3 Å². The van der Waals surface area contributed by atoms with Crippen LogP contribution in [0.25, 0.3) is 16.9 Å². The van der Waals surface area contributed by atoms with Crippen molar-refractivity contribution in [3.05, 3.63) is 53.4 Å². The van der Waals surface area contributed by atoms with Crippen LogP contribution in [0.5, 0.6) is 5.75 Å². The van der Waals surface area contributed by atoms with E-state index < -0.39 is 36.7 Å². The fourth-order valence-electron chi connectivity index (χ4n) is 3.59. The van der Waals surface area contributed by atoms with E-state index in [2.05, 4.69) is 30.6 Å². The van der Waals surface area contributed by atoms with Gasteiger partial charge in [0.05, 0.1) is 5.69 Å². The van der Waals surface area contributed by atoms with Gasteiger partial charge in [-0.05, 0) is 45.0 Å². The highest BCUT2D eigenvalue weighted by molar-refractivity contribution is 6.31. The summed E-state index contributed by atoms with van der Waals surface area (Å²) in [4.78, 5) is 41.5. The lowest BCUT2D eigenvalue weighted by Gasteiger charge is -2.19. The van der Waals surface area contributed by atoms with E-state index in [0.29, 0.717) is 0 Å². The molecular formula is C24H22ClF2N7O6. The van der Waals surface area contributed by atoms with Crippen molar-refractivity contribution in [2.45, 2.75) is 39.5 Å². The van der Waals surface area contributed by atoms with Gasteiger partial charge in [0.15, 0.2) is 11.5 Å². The van der Waals surface area contributed by atoms with Crippen LogP contribution in [-0.4, -0.2) is 59.7 Å². The fourth-order valence-corrected chi connectivity index (χ4v) is 3.76. The number of amides is 2. The number of benzene rings is 1. The molecular weight excluding hydrogens is 556 g/mol. The van der Waals surface area contributed by atoms with E-state index in [9.17, 15) is 28.3 Å². The zero-order valence-electron chi connectivity index (χ0n) is 21.2. The SMILES string of the molecule is CC(C)(C)OC(=O)Nc1nn2cccnc2c1C(=O)Nc1cn(CC(=O)O)nc1-c1cc(Cl)ccc1OC(F)F. The highest BCUT2D eigenvalue weighted by atomic mass is 35.5. The van der Waals surface area contributed by atoms with Gasteiger partial charge in [0.2, 0.25) is 0 Å². The number of alkyl halides is 2. The highest BCUT2D eigenvalue weighted by Crippen LogP contribution is 2.37. The number of carbonyl (C=O) groups is 3. The first-order valence-corrected chi connectivity index (χ1v) is 11.9. The molecule has 0 fully saturated rings. The summed E-state index contributed by atoms with van der Waals surface area (Å²) in [6.45, 7) is 1.17. The molecule has 13 nitrogen and oxygen atoms in total. The van der Waals surface area contributed by atoms with Crippen molar-refractivity contribution in [2.75, 3.05) is 10.6 Å². The number of rotatable bonds is 8. The summed E-state index contributed by atoms with van der Waals surface area (Å²) in [7, 11) is 0. The Bertz CT molecular complexity index is 1600. The van der Waals surface area contributed by atoms with Crippen molar-refractivity contribution in [3.8, 4) is 17.0 Å². The predicted octanol–water partition coefficient (Wildman–Crippen LogP) is 4.53. The standard InChI is InChI=1S/C24H22ClF2N7O6/c1-24(2,3)40-23(38)30-19-17(20-28-7-4-8-34(20)32-19)21(37)29-14-10-33(11-16(35)36)31-18(14)13-9-12(25)5-6-15(13)39-22(26)27/h4-10,22H,11H2,1-3H3,(H,29,37)(H,35,36)(H,30,32,38). The molecule has 3 heterocycles. The number of nitrogens with zero attached hydrogens (tertiary/aromatic N) is 5. The third-order valence-electron chi connectivity index (χ3n) is 4.96. The van der Waals surface area contributed by atoms with Crippen LogP contribution in [-0.2, 0) is 16.1 Å². The van der Waals surface area contributed by atoms with Gasteiger partial charge in [0, 0.05) is 29.2 Å². The number of carbonyl (C=O) groups excluding carboxylic acids is 2. The highest BCUT2D eigenvalue weighted by Gasteiger charge is 2.27. The van der Waals surface area contributed by atoms with Crippen LogP contribution in [0, 0.1) is 0 Å². The van der Waals surface area contributed by atoms with E-state index in [-0.39, 0.29) is 44.7 Å². The first kappa shape index (κ1) is 28.2. The van der Waals surface area contributed by atoms with Crippen molar-refractivity contribution in [3.63, 3.8) is 0 Å². The van der Waals surface area contributed by atoms with Crippen molar-refractivity contribution in [1.29, 1.82) is 0 Å². The number of carboxylic acid groups (broad SMARTS) is 1. The van der Waals surface area contributed by atoms with Gasteiger partial charge in [-0.2, -0.15) is 13.9 Å². The van der Waals surface area contributed by atoms with Crippen LogP contribution in [0.3, 0.4) is 0 Å². The molecule has 4 aromatic rings. The van der Waals surface area contributed by atoms with Crippen LogP contribution in [0.2, 0.25) is 5.02 Å². The third-order valence-corrected chi connectivity index (χ3v) is 5.20. The van der Waals surface area contributed by atoms with E-state index in [1.54, 1.807) is 26.8 Å². The second-order valence-electron chi connectivity index (χ2n) is 9.19. The predicted molar refractivity (Wildman–Crippen MR) is 138 cm³/mol. The van der Waals surface area contributed by atoms with Gasteiger partial charge in [0.25, 0.3) is 5.91 Å². The van der Waals surface area contributed by atoms with Crippen LogP contribution in [0.1, 0.15) is 31.1 Å². The lowest BCUT2D eigenvalue weighted by Crippen LogP contribution is -2.28. The lowest BCUT2D eigenvalue weighted by atomic mass is 10.1. The maximum atomic E-state index is 13.6. The Morgan fingerprint density at radius 1 is 1.18 bits per heavy atom. The van der Waals surface area contributed by atoms with Gasteiger partial charge in [-0.1, -0.05) is 11.6 Å². The summed E-state index contributed by atoms with van der Waals surface area (Å²) in [5.74, 6) is -2.60. The molecule has 0 bridgehead atoms. The Morgan fingerprint density at radius 2 is 1.93 bits per heavy atom. The maximum absolute atomic E-state index is 13.6. The Balaban J connectivity index is 1.78. The summed E-state index contributed by atoms with van der Waals surface area (Å²) in [6, 6.07) is 5.32. The number of fused-ring (bicyclic) bond motifs is 1. The molecule has 3 N–H and O–H groups in total. The Labute approximate surface area is 229 Å². The van der Waals surface area contributed by atoms with Crippen molar-refractivity contribution in [1.82, 2.24) is 24.4 Å². The third kappa shape index (κ3) is 6.61. The van der Waals surface area contributed by atoms with Crippen LogP contribution in [0.4, 0.5) is 25.1 Å². The van der Waals surface area contributed by atoms with Gasteiger partial charge in [-0.3, -0.25) is 19.6 Å². The Morgan fingerprint density at radius 3 is 2.60 bits per heavy atom. The Kier molecular flexibility index (Phi) is 7.86. The summed E-state index contributed by atoms with van der Waals surface area (Å²) in [5, 5.41) is 22.7. The minimum Gasteiger partial charge on any atom is -0.480 e. The fraction of sp³-hybridized carbons (Fsp3) is 0.250. The first-order valence-electron chi connectivity index (χ1n) is 11.5. The van der Waals surface area contributed by atoms with Crippen molar-refractivity contribution < 1.29 is 37.7 Å². The summed E-state index contributed by atoms with van der Waals surface area (Å²) in [5.41, 5.74) is -1.18. The van der Waals surface area contributed by atoms with Gasteiger partial charge < -0.3 is 19.9 Å². The number of ether oxygens (including phenoxy) is 2. The minimum atomic E-state index is -3.19.